The van der Waals surface area contributed by atoms with Crippen molar-refractivity contribution < 1.29 is 9.63 Å². The minimum absolute atomic E-state index is 0.212. The molecule has 3 N–H and O–H groups in total. The molecule has 0 saturated heterocycles. The summed E-state index contributed by atoms with van der Waals surface area (Å²) in [5.74, 6) is 0.713. The van der Waals surface area contributed by atoms with Gasteiger partial charge >= 0.3 is 0 Å². The van der Waals surface area contributed by atoms with Gasteiger partial charge in [-0.3, -0.25) is 0 Å². The monoisotopic (exact) mass is 297 g/mol. The Kier molecular flexibility index (Phi) is 3.56. The van der Waals surface area contributed by atoms with Crippen LogP contribution in [0.3, 0.4) is 0 Å². The van der Waals surface area contributed by atoms with Crippen LogP contribution in [0.25, 0.3) is 11.5 Å². The van der Waals surface area contributed by atoms with Crippen molar-refractivity contribution in [3.63, 3.8) is 0 Å². The van der Waals surface area contributed by atoms with Crippen LogP contribution in [0.15, 0.2) is 27.2 Å². The molecular weight excluding hydrogens is 286 g/mol. The van der Waals surface area contributed by atoms with Gasteiger partial charge in [0, 0.05) is 10.0 Å². The minimum Gasteiger partial charge on any atom is -0.394 e. The Morgan fingerprint density at radius 2 is 2.29 bits per heavy atom. The Bertz CT molecular complexity index is 527. The molecule has 2 rings (SSSR count). The minimum atomic E-state index is -0.611. The molecule has 0 aliphatic carbocycles. The molecule has 0 spiro atoms. The van der Waals surface area contributed by atoms with Crippen LogP contribution >= 0.6 is 15.9 Å². The number of halogens is 1. The third-order valence-corrected chi connectivity index (χ3v) is 3.33. The maximum atomic E-state index is 8.91. The number of hydrogen-bond donors (Lipinski definition) is 2. The van der Waals surface area contributed by atoms with E-state index in [0.29, 0.717) is 11.7 Å². The molecule has 6 heteroatoms. The smallest absolute Gasteiger partial charge is 0.258 e. The fraction of sp³-hybridized carbons (Fsp3) is 0.273. The summed E-state index contributed by atoms with van der Waals surface area (Å²) in [7, 11) is 0. The molecule has 2 aromatic rings. The maximum absolute atomic E-state index is 8.91. The Morgan fingerprint density at radius 1 is 1.53 bits per heavy atom. The third kappa shape index (κ3) is 2.38. The summed E-state index contributed by atoms with van der Waals surface area (Å²) in [6, 6.07) is 5.11. The van der Waals surface area contributed by atoms with Crippen LogP contribution in [-0.4, -0.2) is 21.9 Å². The zero-order valence-electron chi connectivity index (χ0n) is 9.22. The van der Waals surface area contributed by atoms with E-state index in [1.54, 1.807) is 0 Å². The maximum Gasteiger partial charge on any atom is 0.258 e. The van der Waals surface area contributed by atoms with Gasteiger partial charge in [0.05, 0.1) is 12.6 Å². The van der Waals surface area contributed by atoms with E-state index in [2.05, 4.69) is 26.1 Å². The average molecular weight is 298 g/mol. The fourth-order valence-electron chi connectivity index (χ4n) is 1.42. The van der Waals surface area contributed by atoms with Crippen molar-refractivity contribution in [3.8, 4) is 11.5 Å². The van der Waals surface area contributed by atoms with Crippen molar-refractivity contribution in [1.29, 1.82) is 0 Å². The predicted octanol–water partition coefficient (Wildman–Crippen LogP) is 1.80. The van der Waals surface area contributed by atoms with E-state index in [0.717, 1.165) is 15.6 Å². The molecule has 0 aliphatic heterocycles. The van der Waals surface area contributed by atoms with Gasteiger partial charge in [0.1, 0.15) is 0 Å². The standard InChI is InChI=1S/C11H12BrN3O2/c1-6-7(3-2-4-8(6)12)11-14-10(15-17-11)9(13)5-16/h2-4,9,16H,5,13H2,1H3. The zero-order valence-corrected chi connectivity index (χ0v) is 10.8. The molecule has 1 atom stereocenters. The van der Waals surface area contributed by atoms with E-state index < -0.39 is 6.04 Å². The van der Waals surface area contributed by atoms with Crippen molar-refractivity contribution in [2.45, 2.75) is 13.0 Å². The molecule has 0 fully saturated rings. The van der Waals surface area contributed by atoms with E-state index in [4.69, 9.17) is 15.4 Å². The number of rotatable bonds is 3. The Morgan fingerprint density at radius 3 is 3.00 bits per heavy atom. The SMILES string of the molecule is Cc1c(Br)cccc1-c1nc(C(N)CO)no1. The molecule has 90 valence electrons. The Hall–Kier alpha value is -1.24. The van der Waals surface area contributed by atoms with Crippen molar-refractivity contribution >= 4 is 15.9 Å². The summed E-state index contributed by atoms with van der Waals surface area (Å²) in [5, 5.41) is 12.7. The molecule has 0 radical (unpaired) electrons. The van der Waals surface area contributed by atoms with Crippen LogP contribution in [-0.2, 0) is 0 Å². The molecule has 1 heterocycles. The Labute approximate surface area is 107 Å². The number of nitrogens with two attached hydrogens (primary N) is 1. The van der Waals surface area contributed by atoms with Gasteiger partial charge in [-0.1, -0.05) is 27.2 Å². The lowest BCUT2D eigenvalue weighted by atomic mass is 10.1. The van der Waals surface area contributed by atoms with E-state index in [1.165, 1.54) is 0 Å². The molecule has 0 saturated carbocycles. The van der Waals surface area contributed by atoms with Crippen molar-refractivity contribution in [3.05, 3.63) is 34.1 Å². The van der Waals surface area contributed by atoms with Crippen LogP contribution in [0.5, 0.6) is 0 Å². The van der Waals surface area contributed by atoms with Gasteiger partial charge in [-0.25, -0.2) is 0 Å². The summed E-state index contributed by atoms with van der Waals surface area (Å²) in [4.78, 5) is 4.17. The zero-order chi connectivity index (χ0) is 12.4. The molecule has 17 heavy (non-hydrogen) atoms. The highest BCUT2D eigenvalue weighted by atomic mass is 79.9. The number of benzene rings is 1. The van der Waals surface area contributed by atoms with Crippen molar-refractivity contribution in [2.75, 3.05) is 6.61 Å². The first-order valence-electron chi connectivity index (χ1n) is 5.09. The topological polar surface area (TPSA) is 85.2 Å². The molecule has 5 nitrogen and oxygen atoms in total. The summed E-state index contributed by atoms with van der Waals surface area (Å²) < 4.78 is 6.11. The second-order valence-electron chi connectivity index (χ2n) is 3.66. The van der Waals surface area contributed by atoms with Gasteiger partial charge < -0.3 is 15.4 Å². The average Bonchev–Trinajstić information content (AvgIpc) is 2.81. The summed E-state index contributed by atoms with van der Waals surface area (Å²) >= 11 is 3.44. The highest BCUT2D eigenvalue weighted by molar-refractivity contribution is 9.10. The predicted molar refractivity (Wildman–Crippen MR) is 66.2 cm³/mol. The summed E-state index contributed by atoms with van der Waals surface area (Å²) in [6.45, 7) is 1.74. The first-order chi connectivity index (χ1) is 8.13. The largest absolute Gasteiger partial charge is 0.394 e. The highest BCUT2D eigenvalue weighted by Gasteiger charge is 2.16. The summed E-state index contributed by atoms with van der Waals surface area (Å²) in [6.07, 6.45) is 0. The van der Waals surface area contributed by atoms with Gasteiger partial charge in [-0.15, -0.1) is 0 Å². The normalized spacial score (nSPS) is 12.7. The van der Waals surface area contributed by atoms with Gasteiger partial charge in [0.2, 0.25) is 0 Å². The molecule has 1 aromatic heterocycles. The Balaban J connectivity index is 2.40. The van der Waals surface area contributed by atoms with Gasteiger partial charge in [0.25, 0.3) is 5.89 Å². The summed E-state index contributed by atoms with van der Waals surface area (Å²) in [5.41, 5.74) is 7.47. The molecule has 1 aromatic carbocycles. The van der Waals surface area contributed by atoms with Gasteiger partial charge in [0.15, 0.2) is 5.82 Å². The lowest BCUT2D eigenvalue weighted by molar-refractivity contribution is 0.260. The van der Waals surface area contributed by atoms with Crippen molar-refractivity contribution in [2.24, 2.45) is 5.73 Å². The van der Waals surface area contributed by atoms with E-state index >= 15 is 0 Å². The molecule has 0 aliphatic rings. The first-order valence-corrected chi connectivity index (χ1v) is 5.88. The molecule has 1 unspecified atom stereocenters. The lowest BCUT2D eigenvalue weighted by Crippen LogP contribution is -2.15. The van der Waals surface area contributed by atoms with Crippen LogP contribution in [0.1, 0.15) is 17.4 Å². The number of aromatic nitrogens is 2. The van der Waals surface area contributed by atoms with E-state index in [1.807, 2.05) is 25.1 Å². The van der Waals surface area contributed by atoms with E-state index in [-0.39, 0.29) is 6.61 Å². The highest BCUT2D eigenvalue weighted by Crippen LogP contribution is 2.27. The van der Waals surface area contributed by atoms with E-state index in [9.17, 15) is 0 Å². The lowest BCUT2D eigenvalue weighted by Gasteiger charge is -2.02. The van der Waals surface area contributed by atoms with Crippen LogP contribution < -0.4 is 5.73 Å². The quantitative estimate of drug-likeness (QED) is 0.902. The molecule has 0 amide bonds. The second-order valence-corrected chi connectivity index (χ2v) is 4.51. The van der Waals surface area contributed by atoms with Gasteiger partial charge in [-0.2, -0.15) is 4.98 Å². The number of aliphatic hydroxyl groups excluding tert-OH is 1. The number of aliphatic hydroxyl groups is 1. The molecule has 0 bridgehead atoms. The van der Waals surface area contributed by atoms with Crippen molar-refractivity contribution in [1.82, 2.24) is 10.1 Å². The van der Waals surface area contributed by atoms with Crippen LogP contribution in [0.4, 0.5) is 0 Å². The number of nitrogens with zero attached hydrogens (tertiary/aromatic N) is 2. The first kappa shape index (κ1) is 12.2. The third-order valence-electron chi connectivity index (χ3n) is 2.47. The molecular formula is C11H12BrN3O2. The van der Waals surface area contributed by atoms with Crippen LogP contribution in [0.2, 0.25) is 0 Å². The second kappa shape index (κ2) is 4.95. The van der Waals surface area contributed by atoms with Crippen LogP contribution in [0, 0.1) is 6.92 Å². The number of hydrogen-bond acceptors (Lipinski definition) is 5. The van der Waals surface area contributed by atoms with Gasteiger partial charge in [-0.05, 0) is 24.6 Å². The fourth-order valence-corrected chi connectivity index (χ4v) is 1.78.